The number of phenolic OH excluding ortho intramolecular Hbond substituents is 1. The Balaban J connectivity index is 1.73. The molecule has 0 bridgehead atoms. The van der Waals surface area contributed by atoms with Crippen molar-refractivity contribution in [3.8, 4) is 17.1 Å². The van der Waals surface area contributed by atoms with Crippen LogP contribution in [0.2, 0.25) is 10.0 Å². The lowest BCUT2D eigenvalue weighted by Crippen LogP contribution is -2.17. The number of aromatic hydroxyl groups is 1. The number of phenols is 1. The van der Waals surface area contributed by atoms with Crippen LogP contribution in [0.1, 0.15) is 16.1 Å². The molecule has 0 atom stereocenters. The van der Waals surface area contributed by atoms with Crippen LogP contribution in [0, 0.1) is 10.1 Å². The first-order valence-corrected chi connectivity index (χ1v) is 8.47. The molecule has 0 aliphatic carbocycles. The van der Waals surface area contributed by atoms with Gasteiger partial charge in [-0.25, -0.2) is 5.43 Å². The zero-order chi connectivity index (χ0) is 20.3. The molecule has 2 aromatic carbocycles. The van der Waals surface area contributed by atoms with E-state index in [4.69, 9.17) is 27.6 Å². The zero-order valence-electron chi connectivity index (χ0n) is 13.9. The lowest BCUT2D eigenvalue weighted by molar-refractivity contribution is -0.384. The van der Waals surface area contributed by atoms with E-state index in [1.165, 1.54) is 6.21 Å². The number of halogens is 2. The third-order valence-electron chi connectivity index (χ3n) is 3.64. The molecule has 0 aliphatic heterocycles. The van der Waals surface area contributed by atoms with Crippen LogP contribution >= 0.6 is 23.2 Å². The summed E-state index contributed by atoms with van der Waals surface area (Å²) in [4.78, 5) is 22.2. The summed E-state index contributed by atoms with van der Waals surface area (Å²) in [6.45, 7) is 0. The number of hydrogen-bond acceptors (Lipinski definition) is 6. The van der Waals surface area contributed by atoms with E-state index >= 15 is 0 Å². The number of nitrogens with zero attached hydrogens (tertiary/aromatic N) is 2. The molecule has 0 fully saturated rings. The summed E-state index contributed by atoms with van der Waals surface area (Å²) in [6.07, 6.45) is 1.23. The second-order valence-corrected chi connectivity index (χ2v) is 6.25. The number of hydrazone groups is 1. The quantitative estimate of drug-likeness (QED) is 0.355. The van der Waals surface area contributed by atoms with E-state index in [0.29, 0.717) is 27.1 Å². The van der Waals surface area contributed by atoms with Crippen molar-refractivity contribution in [1.29, 1.82) is 0 Å². The highest BCUT2D eigenvalue weighted by Gasteiger charge is 2.16. The SMILES string of the molecule is O=C(N/N=C\c1ccc(-c2cccc(Cl)c2Cl)o1)c1cc([N+](=O)[O-])ccc1O. The predicted molar refractivity (Wildman–Crippen MR) is 104 cm³/mol. The molecule has 3 rings (SSSR count). The van der Waals surface area contributed by atoms with Gasteiger partial charge in [-0.05, 0) is 30.3 Å². The van der Waals surface area contributed by atoms with Gasteiger partial charge in [0.15, 0.2) is 0 Å². The first kappa shape index (κ1) is 19.4. The summed E-state index contributed by atoms with van der Waals surface area (Å²) in [5, 5.41) is 24.9. The highest BCUT2D eigenvalue weighted by Crippen LogP contribution is 2.34. The molecule has 3 aromatic rings. The summed E-state index contributed by atoms with van der Waals surface area (Å²) >= 11 is 12.1. The Morgan fingerprint density at radius 1 is 1.21 bits per heavy atom. The number of hydrogen-bond donors (Lipinski definition) is 2. The second kappa shape index (κ2) is 8.12. The van der Waals surface area contributed by atoms with Crippen LogP contribution in [0.4, 0.5) is 5.69 Å². The van der Waals surface area contributed by atoms with E-state index < -0.39 is 16.6 Å². The standard InChI is InChI=1S/C18H11Cl2N3O5/c19-14-3-1-2-12(17(14)20)16-7-5-11(28-16)9-21-22-18(25)13-8-10(23(26)27)4-6-15(13)24/h1-9,24H,(H,22,25)/b21-9-. The molecule has 2 N–H and O–H groups in total. The molecule has 0 radical (unpaired) electrons. The van der Waals surface area contributed by atoms with Crippen molar-refractivity contribution in [1.82, 2.24) is 5.43 Å². The number of furan rings is 1. The van der Waals surface area contributed by atoms with Gasteiger partial charge in [0, 0.05) is 17.7 Å². The molecule has 0 aliphatic rings. The fraction of sp³-hybridized carbons (Fsp3) is 0. The van der Waals surface area contributed by atoms with Gasteiger partial charge in [-0.2, -0.15) is 5.10 Å². The van der Waals surface area contributed by atoms with Crippen LogP contribution in [-0.2, 0) is 0 Å². The van der Waals surface area contributed by atoms with Crippen molar-refractivity contribution in [3.05, 3.63) is 80.0 Å². The molecule has 1 aromatic heterocycles. The van der Waals surface area contributed by atoms with Crippen molar-refractivity contribution < 1.29 is 19.2 Å². The minimum Gasteiger partial charge on any atom is -0.507 e. The molecule has 0 saturated carbocycles. The first-order chi connectivity index (χ1) is 13.4. The Morgan fingerprint density at radius 3 is 2.75 bits per heavy atom. The summed E-state index contributed by atoms with van der Waals surface area (Å²) in [5.74, 6) is -0.456. The van der Waals surface area contributed by atoms with E-state index in [2.05, 4.69) is 10.5 Å². The van der Waals surface area contributed by atoms with Crippen molar-refractivity contribution >= 4 is 41.0 Å². The van der Waals surface area contributed by atoms with Crippen molar-refractivity contribution in [2.75, 3.05) is 0 Å². The van der Waals surface area contributed by atoms with Gasteiger partial charge in [-0.15, -0.1) is 0 Å². The highest BCUT2D eigenvalue weighted by molar-refractivity contribution is 6.43. The van der Waals surface area contributed by atoms with Crippen LogP contribution in [0.5, 0.6) is 5.75 Å². The lowest BCUT2D eigenvalue weighted by atomic mass is 10.1. The molecule has 0 unspecified atom stereocenters. The average Bonchev–Trinajstić information content (AvgIpc) is 3.12. The monoisotopic (exact) mass is 419 g/mol. The van der Waals surface area contributed by atoms with Crippen molar-refractivity contribution in [2.45, 2.75) is 0 Å². The smallest absolute Gasteiger partial charge is 0.275 e. The maximum atomic E-state index is 12.1. The molecular weight excluding hydrogens is 409 g/mol. The minimum atomic E-state index is -0.817. The van der Waals surface area contributed by atoms with E-state index in [0.717, 1.165) is 18.2 Å². The van der Waals surface area contributed by atoms with E-state index in [-0.39, 0.29) is 11.3 Å². The van der Waals surface area contributed by atoms with Gasteiger partial charge in [-0.3, -0.25) is 14.9 Å². The maximum Gasteiger partial charge on any atom is 0.275 e. The third kappa shape index (κ3) is 4.13. The van der Waals surface area contributed by atoms with Gasteiger partial charge >= 0.3 is 0 Å². The molecule has 1 heterocycles. The minimum absolute atomic E-state index is 0.280. The molecule has 0 saturated heterocycles. The van der Waals surface area contributed by atoms with Crippen LogP contribution < -0.4 is 5.43 Å². The Bertz CT molecular complexity index is 1090. The highest BCUT2D eigenvalue weighted by atomic mass is 35.5. The van der Waals surface area contributed by atoms with Crippen LogP contribution in [0.15, 0.2) is 58.0 Å². The summed E-state index contributed by atoms with van der Waals surface area (Å²) < 4.78 is 5.58. The van der Waals surface area contributed by atoms with E-state index in [1.807, 2.05) is 0 Å². The summed E-state index contributed by atoms with van der Waals surface area (Å²) in [6, 6.07) is 11.5. The van der Waals surface area contributed by atoms with Gasteiger partial charge < -0.3 is 9.52 Å². The zero-order valence-corrected chi connectivity index (χ0v) is 15.4. The molecule has 10 heteroatoms. The lowest BCUT2D eigenvalue weighted by Gasteiger charge is -2.02. The molecule has 142 valence electrons. The first-order valence-electron chi connectivity index (χ1n) is 7.72. The van der Waals surface area contributed by atoms with Gasteiger partial charge in [-0.1, -0.05) is 29.3 Å². The third-order valence-corrected chi connectivity index (χ3v) is 4.46. The van der Waals surface area contributed by atoms with Gasteiger partial charge in [0.1, 0.15) is 17.3 Å². The number of carbonyl (C=O) groups excluding carboxylic acids is 1. The van der Waals surface area contributed by atoms with E-state index in [9.17, 15) is 20.0 Å². The normalized spacial score (nSPS) is 10.9. The maximum absolute atomic E-state index is 12.1. The molecule has 0 spiro atoms. The van der Waals surface area contributed by atoms with Gasteiger partial charge in [0.2, 0.25) is 0 Å². The fourth-order valence-electron chi connectivity index (χ4n) is 2.30. The number of nitrogens with one attached hydrogen (secondary N) is 1. The Kier molecular flexibility index (Phi) is 5.62. The van der Waals surface area contributed by atoms with Crippen molar-refractivity contribution in [3.63, 3.8) is 0 Å². The Labute approximate surface area is 168 Å². The predicted octanol–water partition coefficient (Wildman–Crippen LogP) is 4.63. The van der Waals surface area contributed by atoms with Crippen molar-refractivity contribution in [2.24, 2.45) is 5.10 Å². The summed E-state index contributed by atoms with van der Waals surface area (Å²) in [5.41, 5.74) is 2.15. The summed E-state index contributed by atoms with van der Waals surface area (Å²) in [7, 11) is 0. The van der Waals surface area contributed by atoms with Crippen LogP contribution in [0.3, 0.4) is 0 Å². The number of benzene rings is 2. The second-order valence-electron chi connectivity index (χ2n) is 5.46. The van der Waals surface area contributed by atoms with Crippen LogP contribution in [-0.4, -0.2) is 22.2 Å². The van der Waals surface area contributed by atoms with Crippen LogP contribution in [0.25, 0.3) is 11.3 Å². The topological polar surface area (TPSA) is 118 Å². The van der Waals surface area contributed by atoms with Gasteiger partial charge in [0.25, 0.3) is 11.6 Å². The number of nitro groups is 1. The molecular formula is C18H11Cl2N3O5. The van der Waals surface area contributed by atoms with E-state index in [1.54, 1.807) is 30.3 Å². The van der Waals surface area contributed by atoms with Gasteiger partial charge in [0.05, 0.1) is 26.7 Å². The number of non-ortho nitro benzene ring substituents is 1. The number of carbonyl (C=O) groups is 1. The molecule has 28 heavy (non-hydrogen) atoms. The molecule has 8 nitrogen and oxygen atoms in total. The molecule has 1 amide bonds. The fourth-order valence-corrected chi connectivity index (χ4v) is 2.69. The Hall–Kier alpha value is -3.36. The largest absolute Gasteiger partial charge is 0.507 e. The number of amides is 1. The number of nitro benzene ring substituents is 1. The number of rotatable bonds is 5. The average molecular weight is 420 g/mol. The Morgan fingerprint density at radius 2 is 2.00 bits per heavy atom.